The van der Waals surface area contributed by atoms with Crippen LogP contribution in [0.15, 0.2) is 4.99 Å². The van der Waals surface area contributed by atoms with Gasteiger partial charge in [0.15, 0.2) is 0 Å². The summed E-state index contributed by atoms with van der Waals surface area (Å²) in [6.45, 7) is 2.93. The summed E-state index contributed by atoms with van der Waals surface area (Å²) in [7, 11) is 1.65. The highest BCUT2D eigenvalue weighted by Crippen LogP contribution is 1.93. The van der Waals surface area contributed by atoms with E-state index in [-0.39, 0.29) is 0 Å². The Kier molecular flexibility index (Phi) is 3.18. The molecular weight excluding hydrogens is 132 g/mol. The number of hydrogen-bond acceptors (Lipinski definition) is 4. The van der Waals surface area contributed by atoms with Crippen molar-refractivity contribution in [3.63, 3.8) is 0 Å². The van der Waals surface area contributed by atoms with E-state index < -0.39 is 0 Å². The molecule has 4 heteroatoms. The van der Waals surface area contributed by atoms with E-state index in [2.05, 4.69) is 4.99 Å². The molecule has 1 aliphatic heterocycles. The third-order valence-corrected chi connectivity index (χ3v) is 1.20. The smallest absolute Gasteiger partial charge is 0.110 e. The second-order valence-electron chi connectivity index (χ2n) is 1.99. The molecule has 0 saturated heterocycles. The minimum absolute atomic E-state index is 0.600. The molecule has 0 aliphatic carbocycles. The Morgan fingerprint density at radius 3 is 3.10 bits per heavy atom. The number of hydrogen-bond donors (Lipinski definition) is 0. The Balaban J connectivity index is 1.97. The van der Waals surface area contributed by atoms with Gasteiger partial charge in [-0.05, 0) is 0 Å². The Morgan fingerprint density at radius 2 is 2.50 bits per heavy atom. The fraction of sp³-hybridized carbons (Fsp3) is 0.833. The SMILES string of the molecule is COCCON1C=NCC1. The molecule has 10 heavy (non-hydrogen) atoms. The molecule has 0 radical (unpaired) electrons. The summed E-state index contributed by atoms with van der Waals surface area (Å²) in [5, 5.41) is 1.72. The van der Waals surface area contributed by atoms with Crippen LogP contribution < -0.4 is 0 Å². The van der Waals surface area contributed by atoms with Crippen LogP contribution in [0.4, 0.5) is 0 Å². The number of methoxy groups -OCH3 is 1. The predicted molar refractivity (Wildman–Crippen MR) is 37.9 cm³/mol. The molecule has 0 aromatic rings. The number of hydroxylamine groups is 2. The van der Waals surface area contributed by atoms with Crippen molar-refractivity contribution in [2.24, 2.45) is 4.99 Å². The summed E-state index contributed by atoms with van der Waals surface area (Å²) in [6.07, 6.45) is 1.70. The van der Waals surface area contributed by atoms with E-state index in [1.807, 2.05) is 0 Å². The van der Waals surface area contributed by atoms with E-state index >= 15 is 0 Å². The molecule has 1 aliphatic rings. The summed E-state index contributed by atoms with van der Waals surface area (Å²) >= 11 is 0. The van der Waals surface area contributed by atoms with Gasteiger partial charge in [-0.3, -0.25) is 9.83 Å². The molecule has 1 rings (SSSR count). The zero-order chi connectivity index (χ0) is 7.23. The highest BCUT2D eigenvalue weighted by Gasteiger charge is 2.03. The first-order valence-electron chi connectivity index (χ1n) is 3.32. The molecule has 0 spiro atoms. The van der Waals surface area contributed by atoms with Gasteiger partial charge < -0.3 is 4.74 Å². The normalized spacial score (nSPS) is 16.7. The van der Waals surface area contributed by atoms with Crippen LogP contribution in [0.25, 0.3) is 0 Å². The second-order valence-corrected chi connectivity index (χ2v) is 1.99. The van der Waals surface area contributed by atoms with Crippen LogP contribution in [0.2, 0.25) is 0 Å². The van der Waals surface area contributed by atoms with Gasteiger partial charge in [0, 0.05) is 7.11 Å². The van der Waals surface area contributed by atoms with Gasteiger partial charge >= 0.3 is 0 Å². The molecule has 1 heterocycles. The Bertz CT molecular complexity index is 116. The highest BCUT2D eigenvalue weighted by atomic mass is 16.7. The molecule has 0 aromatic heterocycles. The van der Waals surface area contributed by atoms with Crippen molar-refractivity contribution in [2.75, 3.05) is 33.4 Å². The number of rotatable bonds is 4. The van der Waals surface area contributed by atoms with E-state index in [4.69, 9.17) is 9.57 Å². The van der Waals surface area contributed by atoms with Crippen LogP contribution >= 0.6 is 0 Å². The second kappa shape index (κ2) is 4.24. The topological polar surface area (TPSA) is 34.1 Å². The molecule has 0 saturated carbocycles. The Hall–Kier alpha value is -0.610. The first kappa shape index (κ1) is 7.50. The maximum Gasteiger partial charge on any atom is 0.110 e. The van der Waals surface area contributed by atoms with E-state index in [0.717, 1.165) is 13.1 Å². The van der Waals surface area contributed by atoms with Crippen molar-refractivity contribution in [1.82, 2.24) is 5.06 Å². The van der Waals surface area contributed by atoms with E-state index in [1.54, 1.807) is 18.5 Å². The summed E-state index contributed by atoms with van der Waals surface area (Å²) in [5.41, 5.74) is 0. The summed E-state index contributed by atoms with van der Waals surface area (Å²) in [5.74, 6) is 0. The predicted octanol–water partition coefficient (Wildman–Crippen LogP) is -0.0917. The molecular formula is C6H12N2O2. The third kappa shape index (κ3) is 2.33. The lowest BCUT2D eigenvalue weighted by Gasteiger charge is -2.12. The fourth-order valence-electron chi connectivity index (χ4n) is 0.699. The van der Waals surface area contributed by atoms with Crippen molar-refractivity contribution in [3.05, 3.63) is 0 Å². The van der Waals surface area contributed by atoms with E-state index in [1.165, 1.54) is 0 Å². The van der Waals surface area contributed by atoms with Gasteiger partial charge in [0.2, 0.25) is 0 Å². The maximum absolute atomic E-state index is 5.20. The van der Waals surface area contributed by atoms with Gasteiger partial charge in [-0.25, -0.2) is 5.06 Å². The van der Waals surface area contributed by atoms with Crippen LogP contribution in [0.1, 0.15) is 0 Å². The first-order valence-corrected chi connectivity index (χ1v) is 3.32. The van der Waals surface area contributed by atoms with Crippen molar-refractivity contribution in [2.45, 2.75) is 0 Å². The van der Waals surface area contributed by atoms with Gasteiger partial charge in [-0.15, -0.1) is 0 Å². The summed E-state index contributed by atoms with van der Waals surface area (Å²) in [4.78, 5) is 9.18. The molecule has 0 amide bonds. The molecule has 0 atom stereocenters. The molecule has 4 nitrogen and oxygen atoms in total. The molecule has 0 unspecified atom stereocenters. The lowest BCUT2D eigenvalue weighted by molar-refractivity contribution is -0.101. The van der Waals surface area contributed by atoms with Crippen molar-refractivity contribution in [1.29, 1.82) is 0 Å². The lowest BCUT2D eigenvalue weighted by atomic mass is 10.7. The minimum atomic E-state index is 0.600. The van der Waals surface area contributed by atoms with E-state index in [0.29, 0.717) is 13.2 Å². The van der Waals surface area contributed by atoms with Crippen LogP contribution in [-0.2, 0) is 9.57 Å². The molecule has 58 valence electrons. The average molecular weight is 144 g/mol. The van der Waals surface area contributed by atoms with Crippen LogP contribution in [0, 0.1) is 0 Å². The standard InChI is InChI=1S/C6H12N2O2/c1-9-4-5-10-8-3-2-7-6-8/h6H,2-5H2,1H3. The van der Waals surface area contributed by atoms with Crippen molar-refractivity contribution in [3.8, 4) is 0 Å². The fourth-order valence-corrected chi connectivity index (χ4v) is 0.699. The lowest BCUT2D eigenvalue weighted by Crippen LogP contribution is -2.22. The largest absolute Gasteiger partial charge is 0.382 e. The molecule has 0 bridgehead atoms. The first-order chi connectivity index (χ1) is 4.93. The quantitative estimate of drug-likeness (QED) is 0.517. The molecule has 0 N–H and O–H groups in total. The number of aliphatic imine (C=N–C) groups is 1. The van der Waals surface area contributed by atoms with Gasteiger partial charge in [0.05, 0.1) is 26.3 Å². The van der Waals surface area contributed by atoms with E-state index in [9.17, 15) is 0 Å². The van der Waals surface area contributed by atoms with Crippen LogP contribution in [-0.4, -0.2) is 44.8 Å². The maximum atomic E-state index is 5.20. The van der Waals surface area contributed by atoms with Crippen LogP contribution in [0.5, 0.6) is 0 Å². The zero-order valence-electron chi connectivity index (χ0n) is 6.12. The Morgan fingerprint density at radius 1 is 1.60 bits per heavy atom. The number of ether oxygens (including phenoxy) is 1. The summed E-state index contributed by atoms with van der Waals surface area (Å²) < 4.78 is 4.81. The third-order valence-electron chi connectivity index (χ3n) is 1.20. The van der Waals surface area contributed by atoms with Gasteiger partial charge in [0.1, 0.15) is 6.34 Å². The van der Waals surface area contributed by atoms with Crippen molar-refractivity contribution < 1.29 is 9.57 Å². The van der Waals surface area contributed by atoms with Crippen molar-refractivity contribution >= 4 is 6.34 Å². The van der Waals surface area contributed by atoms with Crippen LogP contribution in [0.3, 0.4) is 0 Å². The van der Waals surface area contributed by atoms with Gasteiger partial charge in [-0.1, -0.05) is 0 Å². The molecule has 0 aromatic carbocycles. The monoisotopic (exact) mass is 144 g/mol. The zero-order valence-corrected chi connectivity index (χ0v) is 6.12. The van der Waals surface area contributed by atoms with Gasteiger partial charge in [-0.2, -0.15) is 0 Å². The van der Waals surface area contributed by atoms with Gasteiger partial charge in [0.25, 0.3) is 0 Å². The minimum Gasteiger partial charge on any atom is -0.382 e. The number of nitrogens with zero attached hydrogens (tertiary/aromatic N) is 2. The summed E-state index contributed by atoms with van der Waals surface area (Å²) in [6, 6.07) is 0. The average Bonchev–Trinajstić information content (AvgIpc) is 2.41. The Labute approximate surface area is 60.4 Å². The molecule has 0 fully saturated rings. The highest BCUT2D eigenvalue weighted by molar-refractivity contribution is 5.55.